The molecule has 12 heteroatoms. The molecule has 0 bridgehead atoms. The third-order valence-electron chi connectivity index (χ3n) is 3.56. The molecular formula is C11H20Br4ClO6P. The minimum atomic E-state index is -4.91. The Labute approximate surface area is 174 Å². The first-order valence-electron chi connectivity index (χ1n) is 6.49. The van der Waals surface area contributed by atoms with Crippen LogP contribution in [0.15, 0.2) is 0 Å². The lowest BCUT2D eigenvalue weighted by Crippen LogP contribution is -2.58. The summed E-state index contributed by atoms with van der Waals surface area (Å²) in [4.78, 5) is 18.4. The fraction of sp³-hybridized carbons (Fsp3) is 1.00. The van der Waals surface area contributed by atoms with Crippen molar-refractivity contribution in [3.63, 3.8) is 0 Å². The lowest BCUT2D eigenvalue weighted by Gasteiger charge is -2.49. The first-order chi connectivity index (χ1) is 10.5. The summed E-state index contributed by atoms with van der Waals surface area (Å²) in [6.45, 7) is -1.17. The zero-order valence-corrected chi connectivity index (χ0v) is 20.0. The average Bonchev–Trinajstić information content (AvgIpc) is 2.47. The first kappa shape index (κ1) is 25.2. The number of alkyl halides is 5. The Hall–Kier alpha value is 2.24. The van der Waals surface area contributed by atoms with E-state index in [-0.39, 0.29) is 28.4 Å². The van der Waals surface area contributed by atoms with Gasteiger partial charge in [0.05, 0.1) is 24.2 Å². The second-order valence-corrected chi connectivity index (χ2v) is 10.5. The van der Waals surface area contributed by atoms with Crippen LogP contribution in [0.5, 0.6) is 0 Å². The van der Waals surface area contributed by atoms with Crippen molar-refractivity contribution < 1.29 is 29.1 Å². The Morgan fingerprint density at radius 3 is 1.65 bits per heavy atom. The fourth-order valence-electron chi connectivity index (χ4n) is 2.28. The molecule has 2 unspecified atom stereocenters. The molecule has 0 fully saturated rings. The first-order valence-corrected chi connectivity index (χ1v) is 12.6. The number of phosphoric ester groups is 1. The van der Waals surface area contributed by atoms with Crippen LogP contribution in [0.25, 0.3) is 0 Å². The zero-order chi connectivity index (χ0) is 18.3. The highest BCUT2D eigenvalue weighted by Gasteiger charge is 2.55. The van der Waals surface area contributed by atoms with Crippen molar-refractivity contribution in [1.29, 1.82) is 0 Å². The maximum atomic E-state index is 11.6. The van der Waals surface area contributed by atoms with Crippen LogP contribution in [0.1, 0.15) is 12.8 Å². The summed E-state index contributed by atoms with van der Waals surface area (Å²) in [5.74, 6) is -0.232. The van der Waals surface area contributed by atoms with E-state index in [1.54, 1.807) is 0 Å². The van der Waals surface area contributed by atoms with Gasteiger partial charge >= 0.3 is 7.82 Å². The van der Waals surface area contributed by atoms with E-state index in [1.165, 1.54) is 0 Å². The predicted molar refractivity (Wildman–Crippen MR) is 105 cm³/mol. The van der Waals surface area contributed by atoms with Crippen molar-refractivity contribution in [2.24, 2.45) is 5.41 Å². The molecule has 140 valence electrons. The summed E-state index contributed by atoms with van der Waals surface area (Å²) < 4.78 is 16.8. The minimum absolute atomic E-state index is 0.117. The summed E-state index contributed by atoms with van der Waals surface area (Å²) in [7, 11) is -4.91. The molecule has 2 atom stereocenters. The Morgan fingerprint density at radius 2 is 1.43 bits per heavy atom. The van der Waals surface area contributed by atoms with E-state index in [9.17, 15) is 24.6 Å². The van der Waals surface area contributed by atoms with Crippen LogP contribution in [-0.2, 0) is 9.09 Å². The van der Waals surface area contributed by atoms with Crippen LogP contribution < -0.4 is 0 Å². The second-order valence-electron chi connectivity index (χ2n) is 5.22. The van der Waals surface area contributed by atoms with E-state index in [0.29, 0.717) is 10.7 Å². The van der Waals surface area contributed by atoms with Gasteiger partial charge in [0.1, 0.15) is 0 Å². The van der Waals surface area contributed by atoms with Crippen LogP contribution in [0.3, 0.4) is 0 Å². The molecule has 0 aliphatic rings. The maximum Gasteiger partial charge on any atom is 0.470 e. The van der Waals surface area contributed by atoms with Gasteiger partial charge in [0.2, 0.25) is 0 Å². The number of aliphatic hydroxyl groups excluding tert-OH is 2. The summed E-state index contributed by atoms with van der Waals surface area (Å²) in [6.07, 6.45) is 0.235. The van der Waals surface area contributed by atoms with Gasteiger partial charge in [0, 0.05) is 26.2 Å². The van der Waals surface area contributed by atoms with Crippen LogP contribution >= 0.6 is 83.1 Å². The van der Waals surface area contributed by atoms with E-state index in [0.717, 1.165) is 0 Å². The number of hydrogen-bond donors (Lipinski definition) is 4. The van der Waals surface area contributed by atoms with Gasteiger partial charge in [-0.1, -0.05) is 63.7 Å². The lowest BCUT2D eigenvalue weighted by molar-refractivity contribution is -0.120. The van der Waals surface area contributed by atoms with Gasteiger partial charge < -0.3 is 20.0 Å². The number of halogens is 5. The summed E-state index contributed by atoms with van der Waals surface area (Å²) in [6, 6.07) is 0. The Balaban J connectivity index is 6.13. The van der Waals surface area contributed by atoms with Crippen LogP contribution in [0.4, 0.5) is 0 Å². The molecule has 0 rings (SSSR count). The zero-order valence-electron chi connectivity index (χ0n) is 12.0. The second kappa shape index (κ2) is 11.2. The monoisotopic (exact) mass is 630 g/mol. The van der Waals surface area contributed by atoms with Gasteiger partial charge in [-0.05, 0) is 12.8 Å². The van der Waals surface area contributed by atoms with Crippen LogP contribution in [0, 0.1) is 5.41 Å². The van der Waals surface area contributed by atoms with E-state index < -0.39 is 32.1 Å². The normalized spacial score (nSPS) is 18.5. The summed E-state index contributed by atoms with van der Waals surface area (Å²) in [5, 5.41) is 20.7. The van der Waals surface area contributed by atoms with Crippen molar-refractivity contribution in [2.75, 3.05) is 29.8 Å². The van der Waals surface area contributed by atoms with Crippen molar-refractivity contribution >= 4 is 83.1 Å². The highest BCUT2D eigenvalue weighted by molar-refractivity contribution is 9.12. The number of rotatable bonds is 12. The highest BCUT2D eigenvalue weighted by atomic mass is 79.9. The third kappa shape index (κ3) is 7.40. The standard InChI is InChI=1S/C11H20Br4ClO6P/c12-3-8(14)1-11(2-9(15)4-13,22-23(19,20)21)10(5-16,6-17)7-18/h8-9,17-18H,1-7H2,(H2,19,20,21). The summed E-state index contributed by atoms with van der Waals surface area (Å²) in [5.41, 5.74) is -2.99. The molecule has 0 saturated carbocycles. The Kier molecular flexibility index (Phi) is 12.3. The van der Waals surface area contributed by atoms with Crippen molar-refractivity contribution in [1.82, 2.24) is 0 Å². The fourth-order valence-corrected chi connectivity index (χ4v) is 5.00. The minimum Gasteiger partial charge on any atom is -0.396 e. The molecule has 0 aromatic carbocycles. The van der Waals surface area contributed by atoms with E-state index in [4.69, 9.17) is 16.1 Å². The molecule has 0 aromatic rings. The molecule has 6 nitrogen and oxygen atoms in total. The highest BCUT2D eigenvalue weighted by Crippen LogP contribution is 2.53. The Bertz CT molecular complexity index is 374. The van der Waals surface area contributed by atoms with Crippen molar-refractivity contribution in [2.45, 2.75) is 28.1 Å². The van der Waals surface area contributed by atoms with Crippen molar-refractivity contribution in [3.8, 4) is 0 Å². The maximum absolute atomic E-state index is 11.6. The van der Waals surface area contributed by atoms with Gasteiger partial charge in [0.25, 0.3) is 0 Å². The quantitative estimate of drug-likeness (QED) is 0.194. The third-order valence-corrected chi connectivity index (χ3v) is 9.25. The van der Waals surface area contributed by atoms with E-state index in [2.05, 4.69) is 63.7 Å². The average molecular weight is 634 g/mol. The molecule has 0 saturated heterocycles. The van der Waals surface area contributed by atoms with Gasteiger partial charge in [-0.2, -0.15) is 0 Å². The number of aliphatic hydroxyl groups is 2. The molecule has 0 radical (unpaired) electrons. The summed E-state index contributed by atoms with van der Waals surface area (Å²) >= 11 is 19.4. The molecule has 0 heterocycles. The molecule has 23 heavy (non-hydrogen) atoms. The largest absolute Gasteiger partial charge is 0.470 e. The van der Waals surface area contributed by atoms with E-state index >= 15 is 0 Å². The smallest absolute Gasteiger partial charge is 0.396 e. The molecule has 0 spiro atoms. The molecule has 0 amide bonds. The van der Waals surface area contributed by atoms with Crippen molar-refractivity contribution in [3.05, 3.63) is 0 Å². The van der Waals surface area contributed by atoms with Crippen LogP contribution in [-0.4, -0.2) is 65.0 Å². The number of hydrogen-bond acceptors (Lipinski definition) is 4. The molecule has 0 aliphatic carbocycles. The van der Waals surface area contributed by atoms with Gasteiger partial charge in [-0.15, -0.1) is 11.6 Å². The lowest BCUT2D eigenvalue weighted by atomic mass is 9.69. The topological polar surface area (TPSA) is 107 Å². The molecule has 4 N–H and O–H groups in total. The van der Waals surface area contributed by atoms with Crippen LogP contribution in [0.2, 0.25) is 0 Å². The predicted octanol–water partition coefficient (Wildman–Crippen LogP) is 3.14. The molecule has 0 aromatic heterocycles. The van der Waals surface area contributed by atoms with Gasteiger partial charge in [0.15, 0.2) is 0 Å². The number of phosphoric acid groups is 1. The Morgan fingerprint density at radius 1 is 1.04 bits per heavy atom. The molecular weight excluding hydrogens is 614 g/mol. The van der Waals surface area contributed by atoms with Gasteiger partial charge in [-0.3, -0.25) is 4.52 Å². The molecule has 0 aliphatic heterocycles. The SMILES string of the molecule is O=P(O)(O)OC(CC(Br)CBr)(CC(Br)CBr)C(CO)(CO)CCl. The van der Waals surface area contributed by atoms with E-state index in [1.807, 2.05) is 0 Å². The van der Waals surface area contributed by atoms with Gasteiger partial charge in [-0.25, -0.2) is 4.57 Å².